The van der Waals surface area contributed by atoms with Crippen LogP contribution in [0.2, 0.25) is 0 Å². The molecule has 48 heavy (non-hydrogen) atoms. The zero-order valence-corrected chi connectivity index (χ0v) is 28.3. The van der Waals surface area contributed by atoms with E-state index >= 15 is 0 Å². The van der Waals surface area contributed by atoms with E-state index in [4.69, 9.17) is 4.98 Å². The minimum Gasteiger partial charge on any atom is -0.367 e. The van der Waals surface area contributed by atoms with Crippen molar-refractivity contribution in [3.05, 3.63) is 164 Å². The number of pyridine rings is 1. The Balaban J connectivity index is 0.00000336. The van der Waals surface area contributed by atoms with Crippen LogP contribution < -0.4 is 0 Å². The largest absolute Gasteiger partial charge is 2.00 e. The molecule has 0 aliphatic rings. The van der Waals surface area contributed by atoms with Gasteiger partial charge in [-0.2, -0.15) is 0 Å². The summed E-state index contributed by atoms with van der Waals surface area (Å²) in [6, 6.07) is 58.3. The molecule has 5 heteroatoms. The Morgan fingerprint density at radius 1 is 0.583 bits per heavy atom. The van der Waals surface area contributed by atoms with E-state index in [0.717, 1.165) is 72.3 Å². The summed E-state index contributed by atoms with van der Waals surface area (Å²) in [7, 11) is 2.09. The molecule has 0 aliphatic heterocycles. The van der Waals surface area contributed by atoms with Crippen LogP contribution in [0.3, 0.4) is 0 Å². The zero-order valence-electron chi connectivity index (χ0n) is 26.0. The van der Waals surface area contributed by atoms with Gasteiger partial charge in [0.25, 0.3) is 0 Å². The summed E-state index contributed by atoms with van der Waals surface area (Å²) in [5, 5.41) is 2.29. The van der Waals surface area contributed by atoms with Gasteiger partial charge < -0.3 is 14.1 Å². The minimum atomic E-state index is 0. The van der Waals surface area contributed by atoms with Crippen LogP contribution in [0.4, 0.5) is 0 Å². The fourth-order valence-electron chi connectivity index (χ4n) is 6.69. The second kappa shape index (κ2) is 12.2. The van der Waals surface area contributed by atoms with Crippen LogP contribution in [0.5, 0.6) is 0 Å². The molecule has 0 saturated carbocycles. The fraction of sp³-hybridized carbons (Fsp3) is 0.0233. The third-order valence-corrected chi connectivity index (χ3v) is 8.99. The van der Waals surface area contributed by atoms with Gasteiger partial charge in [-0.25, -0.2) is 0 Å². The first-order valence-electron chi connectivity index (χ1n) is 15.7. The molecule has 0 radical (unpaired) electrons. The Hall–Kier alpha value is -5.57. The van der Waals surface area contributed by atoms with Gasteiger partial charge in [-0.05, 0) is 57.7 Å². The predicted molar refractivity (Wildman–Crippen MR) is 192 cm³/mol. The maximum Gasteiger partial charge on any atom is 2.00 e. The molecule has 0 unspecified atom stereocenters. The van der Waals surface area contributed by atoms with Crippen LogP contribution in [-0.2, 0) is 28.1 Å². The molecule has 3 heterocycles. The summed E-state index contributed by atoms with van der Waals surface area (Å²) >= 11 is 0. The molecule has 3 aromatic heterocycles. The number of fused-ring (bicyclic) bond motifs is 4. The van der Waals surface area contributed by atoms with Gasteiger partial charge in [-0.3, -0.25) is 4.98 Å². The van der Waals surface area contributed by atoms with E-state index in [2.05, 4.69) is 155 Å². The summed E-state index contributed by atoms with van der Waals surface area (Å²) < 4.78 is 4.45. The zero-order chi connectivity index (χ0) is 31.3. The molecule has 0 aliphatic carbocycles. The number of para-hydroxylation sites is 3. The van der Waals surface area contributed by atoms with Crippen molar-refractivity contribution < 1.29 is 21.1 Å². The van der Waals surface area contributed by atoms with Crippen molar-refractivity contribution in [2.45, 2.75) is 0 Å². The van der Waals surface area contributed by atoms with Gasteiger partial charge in [0.2, 0.25) is 0 Å². The average Bonchev–Trinajstić information content (AvgIpc) is 3.66. The van der Waals surface area contributed by atoms with E-state index < -0.39 is 0 Å². The predicted octanol–water partition coefficient (Wildman–Crippen LogP) is 10.3. The molecule has 4 nitrogen and oxygen atoms in total. The average molecular weight is 796 g/mol. The van der Waals surface area contributed by atoms with Crippen molar-refractivity contribution in [2.75, 3.05) is 0 Å². The van der Waals surface area contributed by atoms with Crippen LogP contribution in [0.15, 0.2) is 152 Å². The summed E-state index contributed by atoms with van der Waals surface area (Å²) in [5.41, 5.74) is 12.4. The van der Waals surface area contributed by atoms with Crippen LogP contribution in [0.1, 0.15) is 0 Å². The number of hydrogen-bond donors (Lipinski definition) is 0. The smallest absolute Gasteiger partial charge is 0.367 e. The molecule has 6 aromatic carbocycles. The summed E-state index contributed by atoms with van der Waals surface area (Å²) in [5.74, 6) is 0.873. The van der Waals surface area contributed by atoms with E-state index in [-0.39, 0.29) is 21.1 Å². The van der Waals surface area contributed by atoms with Crippen molar-refractivity contribution in [1.29, 1.82) is 0 Å². The molecule has 0 amide bonds. The van der Waals surface area contributed by atoms with Gasteiger partial charge in [-0.15, -0.1) is 42.0 Å². The topological polar surface area (TPSA) is 35.6 Å². The third kappa shape index (κ3) is 4.97. The normalized spacial score (nSPS) is 11.3. The monoisotopic (exact) mass is 795 g/mol. The van der Waals surface area contributed by atoms with E-state index in [1.54, 1.807) is 0 Å². The quantitative estimate of drug-likeness (QED) is 0.163. The number of hydrogen-bond acceptors (Lipinski definition) is 2. The first-order chi connectivity index (χ1) is 23.2. The third-order valence-electron chi connectivity index (χ3n) is 8.99. The molecule has 0 atom stereocenters. The Morgan fingerprint density at radius 2 is 1.29 bits per heavy atom. The Labute approximate surface area is 293 Å². The van der Waals surface area contributed by atoms with E-state index in [9.17, 15) is 0 Å². The first-order valence-corrected chi connectivity index (χ1v) is 15.7. The Kier molecular flexibility index (Phi) is 7.59. The number of rotatable bonds is 5. The van der Waals surface area contributed by atoms with Crippen molar-refractivity contribution >= 4 is 32.8 Å². The van der Waals surface area contributed by atoms with E-state index in [1.807, 2.05) is 30.5 Å². The maximum absolute atomic E-state index is 5.16. The van der Waals surface area contributed by atoms with Crippen molar-refractivity contribution in [3.63, 3.8) is 0 Å². The van der Waals surface area contributed by atoms with Crippen LogP contribution in [-0.4, -0.2) is 19.1 Å². The van der Waals surface area contributed by atoms with Gasteiger partial charge >= 0.3 is 21.1 Å². The van der Waals surface area contributed by atoms with E-state index in [1.165, 1.54) is 11.1 Å². The summed E-state index contributed by atoms with van der Waals surface area (Å²) in [4.78, 5) is 9.75. The number of nitrogens with zero attached hydrogens (tertiary/aromatic N) is 4. The van der Waals surface area contributed by atoms with Gasteiger partial charge in [-0.1, -0.05) is 119 Å². The molecule has 0 fully saturated rings. The van der Waals surface area contributed by atoms with Gasteiger partial charge in [0, 0.05) is 18.8 Å². The molecule has 230 valence electrons. The maximum atomic E-state index is 5.16. The molecule has 0 saturated heterocycles. The van der Waals surface area contributed by atoms with Crippen LogP contribution in [0, 0.1) is 12.1 Å². The molecule has 0 bridgehead atoms. The Bertz CT molecular complexity index is 2570. The SMILES string of the molecule is Cn1c(-c2[c-]c3c(cc2-c2ccc(-c4ccccc4)cc2)c2ccccc2n3-c2[c-]c(-c3ccccn3)ccc2)nc2ccccc21.[Pt+2]. The minimum absolute atomic E-state index is 0. The number of aromatic nitrogens is 4. The van der Waals surface area contributed by atoms with Crippen LogP contribution in [0.25, 0.3) is 83.4 Å². The molecule has 9 aromatic rings. The van der Waals surface area contributed by atoms with Gasteiger partial charge in [0.1, 0.15) is 0 Å². The van der Waals surface area contributed by atoms with Gasteiger partial charge in [0.15, 0.2) is 0 Å². The second-order valence-electron chi connectivity index (χ2n) is 11.8. The Morgan fingerprint density at radius 3 is 2.08 bits per heavy atom. The van der Waals surface area contributed by atoms with Crippen molar-refractivity contribution in [1.82, 2.24) is 19.1 Å². The molecular weight excluding hydrogens is 768 g/mol. The van der Waals surface area contributed by atoms with Crippen molar-refractivity contribution in [3.8, 4) is 50.6 Å². The number of benzene rings is 6. The van der Waals surface area contributed by atoms with E-state index in [0.29, 0.717) is 0 Å². The molecule has 0 N–H and O–H groups in total. The van der Waals surface area contributed by atoms with Crippen molar-refractivity contribution in [2.24, 2.45) is 7.05 Å². The van der Waals surface area contributed by atoms with Gasteiger partial charge in [0.05, 0.1) is 16.9 Å². The number of imidazole rings is 1. The fourth-order valence-corrected chi connectivity index (χ4v) is 6.69. The summed E-state index contributed by atoms with van der Waals surface area (Å²) in [6.45, 7) is 0. The number of aryl methyl sites for hydroxylation is 1. The molecule has 0 spiro atoms. The molecule has 9 rings (SSSR count). The van der Waals surface area contributed by atoms with Crippen LogP contribution >= 0.6 is 0 Å². The molecular formula is C43H28N4Pt. The summed E-state index contributed by atoms with van der Waals surface area (Å²) in [6.07, 6.45) is 1.82. The second-order valence-corrected chi connectivity index (χ2v) is 11.8. The standard InChI is InChI=1S/C43H28N4.Pt/c1-46-41-20-8-6-18-39(41)45-43(46)37-28-42-36(27-35(37)31-23-21-30(22-24-31)29-12-3-2-4-13-29)34-16-5-7-19-40(34)47(42)33-15-11-14-32(26-33)38-17-9-10-25-44-38;/h2-25,27H,1H3;/q-2;+2. The first kappa shape index (κ1) is 29.8.